The molecule has 1 saturated heterocycles. The topological polar surface area (TPSA) is 92.9 Å². The lowest BCUT2D eigenvalue weighted by molar-refractivity contribution is 0.0486. The Morgan fingerprint density at radius 1 is 1.12 bits per heavy atom. The third-order valence-electron chi connectivity index (χ3n) is 6.26. The Morgan fingerprint density at radius 3 is 2.48 bits per heavy atom. The van der Waals surface area contributed by atoms with Gasteiger partial charge < -0.3 is 9.80 Å². The third-order valence-corrected chi connectivity index (χ3v) is 6.26. The number of rotatable bonds is 6. The average molecular weight is 451 g/mol. The summed E-state index contributed by atoms with van der Waals surface area (Å²) < 4.78 is 17.0. The van der Waals surface area contributed by atoms with Crippen LogP contribution < -0.4 is 4.90 Å². The fraction of sp³-hybridized carbons (Fsp3) is 0.478. The first-order chi connectivity index (χ1) is 16.0. The van der Waals surface area contributed by atoms with Crippen molar-refractivity contribution in [3.8, 4) is 5.82 Å². The number of aryl methyl sites for hydroxylation is 2. The summed E-state index contributed by atoms with van der Waals surface area (Å²) in [5, 5.41) is 4.24. The minimum Gasteiger partial charge on any atom is -0.338 e. The van der Waals surface area contributed by atoms with Crippen molar-refractivity contribution < 1.29 is 9.18 Å². The van der Waals surface area contributed by atoms with Crippen LogP contribution in [0.2, 0.25) is 0 Å². The Balaban J connectivity index is 1.30. The van der Waals surface area contributed by atoms with Gasteiger partial charge in [0.05, 0.1) is 18.2 Å². The van der Waals surface area contributed by atoms with E-state index < -0.39 is 12.2 Å². The molecule has 0 radical (unpaired) electrons. The van der Waals surface area contributed by atoms with E-state index in [0.29, 0.717) is 36.1 Å². The second-order valence-corrected chi connectivity index (χ2v) is 8.65. The van der Waals surface area contributed by atoms with Crippen LogP contribution in [0.5, 0.6) is 0 Å². The van der Waals surface area contributed by atoms with E-state index in [4.69, 9.17) is 0 Å². The number of amides is 1. The summed E-state index contributed by atoms with van der Waals surface area (Å²) in [6.45, 7) is 4.63. The molecule has 10 heteroatoms. The monoisotopic (exact) mass is 450 g/mol. The Kier molecular flexibility index (Phi) is 5.74. The lowest BCUT2D eigenvalue weighted by Crippen LogP contribution is -2.55. The van der Waals surface area contributed by atoms with Gasteiger partial charge in [0.1, 0.15) is 18.3 Å². The number of carbonyl (C=O) groups is 1. The van der Waals surface area contributed by atoms with Gasteiger partial charge in [0.15, 0.2) is 5.82 Å². The van der Waals surface area contributed by atoms with Crippen molar-refractivity contribution in [2.75, 3.05) is 18.0 Å². The van der Waals surface area contributed by atoms with Crippen molar-refractivity contribution in [2.24, 2.45) is 0 Å². The SMILES string of the molecule is CCc1cnc(N2CC[C@@H](N(C(=O)c3ccc(-n4cnc(C)n4)nc3)C3CC3)[C@@H](F)C2)nc1. The summed E-state index contributed by atoms with van der Waals surface area (Å²) in [5.74, 6) is 1.59. The van der Waals surface area contributed by atoms with Gasteiger partial charge in [-0.15, -0.1) is 0 Å². The average Bonchev–Trinajstić information content (AvgIpc) is 3.59. The first-order valence-corrected chi connectivity index (χ1v) is 11.4. The van der Waals surface area contributed by atoms with E-state index in [0.717, 1.165) is 24.8 Å². The summed E-state index contributed by atoms with van der Waals surface area (Å²) >= 11 is 0. The Bertz CT molecular complexity index is 1110. The van der Waals surface area contributed by atoms with Gasteiger partial charge in [-0.1, -0.05) is 6.92 Å². The van der Waals surface area contributed by atoms with Gasteiger partial charge in [-0.25, -0.2) is 29.0 Å². The zero-order chi connectivity index (χ0) is 22.9. The summed E-state index contributed by atoms with van der Waals surface area (Å²) in [4.78, 5) is 34.3. The number of carbonyl (C=O) groups excluding carboxylic acids is 1. The fourth-order valence-electron chi connectivity index (χ4n) is 4.27. The van der Waals surface area contributed by atoms with Crippen molar-refractivity contribution in [1.82, 2.24) is 34.6 Å². The molecular weight excluding hydrogens is 423 g/mol. The maximum atomic E-state index is 15.4. The smallest absolute Gasteiger partial charge is 0.256 e. The molecule has 0 spiro atoms. The highest BCUT2D eigenvalue weighted by Gasteiger charge is 2.43. The van der Waals surface area contributed by atoms with E-state index in [1.54, 1.807) is 47.4 Å². The standard InChI is InChI=1S/C23H27FN8O/c1-3-16-10-26-23(27-11-16)30-9-8-20(19(24)13-30)32(18-5-6-18)22(33)17-4-7-21(25-12-17)31-14-28-15(2)29-31/h4,7,10-12,14,18-20H,3,5-6,8-9,13H2,1-2H3/t19-,20+/m0/s1. The molecule has 1 amide bonds. The van der Waals surface area contributed by atoms with Gasteiger partial charge in [0, 0.05) is 31.2 Å². The van der Waals surface area contributed by atoms with Gasteiger partial charge in [0.25, 0.3) is 5.91 Å². The number of halogens is 1. The van der Waals surface area contributed by atoms with Crippen molar-refractivity contribution in [3.05, 3.63) is 54.0 Å². The molecule has 0 aromatic carbocycles. The predicted molar refractivity (Wildman–Crippen MR) is 120 cm³/mol. The molecule has 1 aliphatic carbocycles. The van der Waals surface area contributed by atoms with Crippen LogP contribution >= 0.6 is 0 Å². The number of alkyl halides is 1. The van der Waals surface area contributed by atoms with Gasteiger partial charge in [-0.2, -0.15) is 5.10 Å². The first kappa shape index (κ1) is 21.4. The molecule has 0 unspecified atom stereocenters. The Labute approximate surface area is 191 Å². The van der Waals surface area contributed by atoms with E-state index in [1.165, 1.54) is 6.20 Å². The summed E-state index contributed by atoms with van der Waals surface area (Å²) in [6.07, 6.45) is 8.73. The number of hydrogen-bond acceptors (Lipinski definition) is 7. The van der Waals surface area contributed by atoms with Crippen LogP contribution in [-0.2, 0) is 6.42 Å². The molecule has 2 fully saturated rings. The van der Waals surface area contributed by atoms with Crippen LogP contribution in [0.25, 0.3) is 5.82 Å². The number of piperidine rings is 1. The zero-order valence-electron chi connectivity index (χ0n) is 18.8. The fourth-order valence-corrected chi connectivity index (χ4v) is 4.27. The summed E-state index contributed by atoms with van der Waals surface area (Å²) in [5.41, 5.74) is 1.50. The molecule has 2 aliphatic rings. The highest BCUT2D eigenvalue weighted by atomic mass is 19.1. The van der Waals surface area contributed by atoms with E-state index in [9.17, 15) is 4.79 Å². The quantitative estimate of drug-likeness (QED) is 0.570. The van der Waals surface area contributed by atoms with Gasteiger partial charge in [0.2, 0.25) is 5.95 Å². The molecule has 1 saturated carbocycles. The van der Waals surface area contributed by atoms with Crippen LogP contribution in [0.3, 0.4) is 0 Å². The minimum absolute atomic E-state index is 0.0880. The molecule has 2 atom stereocenters. The van der Waals surface area contributed by atoms with Crippen LogP contribution in [-0.4, -0.2) is 71.9 Å². The van der Waals surface area contributed by atoms with Gasteiger partial charge >= 0.3 is 0 Å². The highest BCUT2D eigenvalue weighted by Crippen LogP contribution is 2.34. The van der Waals surface area contributed by atoms with Gasteiger partial charge in [-0.05, 0) is 50.3 Å². The van der Waals surface area contributed by atoms with E-state index in [-0.39, 0.29) is 18.5 Å². The Morgan fingerprint density at radius 2 is 1.91 bits per heavy atom. The molecule has 0 N–H and O–H groups in total. The molecule has 4 heterocycles. The maximum Gasteiger partial charge on any atom is 0.256 e. The number of anilines is 1. The molecule has 1 aliphatic heterocycles. The molecule has 3 aromatic rings. The molecule has 3 aromatic heterocycles. The summed E-state index contributed by atoms with van der Waals surface area (Å²) in [6, 6.07) is 3.08. The van der Waals surface area contributed by atoms with Gasteiger partial charge in [-0.3, -0.25) is 4.79 Å². The van der Waals surface area contributed by atoms with Crippen molar-refractivity contribution in [1.29, 1.82) is 0 Å². The third kappa shape index (κ3) is 4.42. The maximum absolute atomic E-state index is 15.4. The molecule has 5 rings (SSSR count). The zero-order valence-corrected chi connectivity index (χ0v) is 18.8. The second-order valence-electron chi connectivity index (χ2n) is 8.65. The largest absolute Gasteiger partial charge is 0.338 e. The number of pyridine rings is 1. The molecular formula is C23H27FN8O. The molecule has 0 bridgehead atoms. The highest BCUT2D eigenvalue weighted by molar-refractivity contribution is 5.94. The molecule has 33 heavy (non-hydrogen) atoms. The lowest BCUT2D eigenvalue weighted by Gasteiger charge is -2.41. The number of aromatic nitrogens is 6. The van der Waals surface area contributed by atoms with Crippen molar-refractivity contribution in [3.63, 3.8) is 0 Å². The van der Waals surface area contributed by atoms with Crippen LogP contribution in [0.4, 0.5) is 10.3 Å². The van der Waals surface area contributed by atoms with E-state index in [2.05, 4.69) is 25.0 Å². The van der Waals surface area contributed by atoms with Crippen LogP contribution in [0.1, 0.15) is 47.9 Å². The minimum atomic E-state index is -1.18. The van der Waals surface area contributed by atoms with Crippen molar-refractivity contribution in [2.45, 2.75) is 57.8 Å². The number of hydrogen-bond donors (Lipinski definition) is 0. The summed E-state index contributed by atoms with van der Waals surface area (Å²) in [7, 11) is 0. The predicted octanol–water partition coefficient (Wildman–Crippen LogP) is 2.54. The van der Waals surface area contributed by atoms with Crippen molar-refractivity contribution >= 4 is 11.9 Å². The van der Waals surface area contributed by atoms with E-state index >= 15 is 4.39 Å². The Hall–Kier alpha value is -3.43. The van der Waals surface area contributed by atoms with E-state index in [1.807, 2.05) is 11.8 Å². The number of nitrogens with zero attached hydrogens (tertiary/aromatic N) is 8. The normalized spacial score (nSPS) is 20.6. The second kappa shape index (κ2) is 8.84. The lowest BCUT2D eigenvalue weighted by atomic mass is 10.00. The molecule has 172 valence electrons. The first-order valence-electron chi connectivity index (χ1n) is 11.4. The van der Waals surface area contributed by atoms with Crippen LogP contribution in [0.15, 0.2) is 37.1 Å². The molecule has 9 nitrogen and oxygen atoms in total. The van der Waals surface area contributed by atoms with Crippen LogP contribution in [0, 0.1) is 6.92 Å².